The summed E-state index contributed by atoms with van der Waals surface area (Å²) in [5, 5.41) is 4.98. The van der Waals surface area contributed by atoms with Gasteiger partial charge in [0, 0.05) is 16.6 Å². The quantitative estimate of drug-likeness (QED) is 0.668. The second-order valence-corrected chi connectivity index (χ2v) is 7.14. The van der Waals surface area contributed by atoms with E-state index < -0.39 is 5.91 Å². The molecule has 3 aromatic rings. The van der Waals surface area contributed by atoms with Crippen molar-refractivity contribution >= 4 is 34.4 Å². The third-order valence-electron chi connectivity index (χ3n) is 4.47. The summed E-state index contributed by atoms with van der Waals surface area (Å²) in [4.78, 5) is 28.0. The Hall–Kier alpha value is -3.52. The van der Waals surface area contributed by atoms with E-state index >= 15 is 0 Å². The number of benzene rings is 1. The zero-order valence-corrected chi connectivity index (χ0v) is 15.3. The van der Waals surface area contributed by atoms with Crippen molar-refractivity contribution in [1.29, 1.82) is 0 Å². The molecule has 0 spiro atoms. The molecule has 0 fully saturated rings. The summed E-state index contributed by atoms with van der Waals surface area (Å²) in [5.41, 5.74) is 1.22. The maximum atomic E-state index is 13.1. The summed E-state index contributed by atoms with van der Waals surface area (Å²) in [6, 6.07) is 12.4. The standard InChI is InChI=1S/C20H14N2O5S/c23-19-17(16-4-2-8-28-16)18(20(24)22(19)10-13-3-1-7-25-13)21-12-5-6-14-15(9-12)27-11-26-14/h1-9,21H,10-11H2. The van der Waals surface area contributed by atoms with Gasteiger partial charge in [-0.2, -0.15) is 0 Å². The van der Waals surface area contributed by atoms with E-state index in [2.05, 4.69) is 5.32 Å². The number of hydrogen-bond donors (Lipinski definition) is 1. The van der Waals surface area contributed by atoms with E-state index in [1.165, 1.54) is 22.5 Å². The smallest absolute Gasteiger partial charge is 0.278 e. The van der Waals surface area contributed by atoms with E-state index in [1.54, 1.807) is 30.3 Å². The van der Waals surface area contributed by atoms with Crippen LogP contribution in [0.15, 0.2) is 64.2 Å². The lowest BCUT2D eigenvalue weighted by atomic mass is 10.2. The number of nitrogens with zero attached hydrogens (tertiary/aromatic N) is 1. The molecule has 0 bridgehead atoms. The van der Waals surface area contributed by atoms with Crippen molar-refractivity contribution in [2.24, 2.45) is 0 Å². The van der Waals surface area contributed by atoms with Crippen LogP contribution in [0.3, 0.4) is 0 Å². The van der Waals surface area contributed by atoms with Crippen molar-refractivity contribution in [3.05, 3.63) is 70.4 Å². The zero-order valence-electron chi connectivity index (χ0n) is 14.5. The molecule has 2 amide bonds. The first-order valence-corrected chi connectivity index (χ1v) is 9.42. The number of imide groups is 1. The van der Waals surface area contributed by atoms with Crippen LogP contribution in [0.2, 0.25) is 0 Å². The van der Waals surface area contributed by atoms with E-state index in [0.29, 0.717) is 28.5 Å². The molecule has 0 saturated heterocycles. The first kappa shape index (κ1) is 16.6. The Bertz CT molecular complexity index is 1090. The molecule has 5 rings (SSSR count). The first-order valence-electron chi connectivity index (χ1n) is 8.54. The van der Waals surface area contributed by atoms with Crippen LogP contribution in [0, 0.1) is 0 Å². The van der Waals surface area contributed by atoms with Crippen LogP contribution in [-0.4, -0.2) is 23.5 Å². The largest absolute Gasteiger partial charge is 0.467 e. The van der Waals surface area contributed by atoms with Crippen molar-refractivity contribution in [2.45, 2.75) is 6.54 Å². The summed E-state index contributed by atoms with van der Waals surface area (Å²) >= 11 is 1.40. The fourth-order valence-electron chi connectivity index (χ4n) is 3.16. The number of fused-ring (bicyclic) bond motifs is 1. The van der Waals surface area contributed by atoms with Gasteiger partial charge in [0.15, 0.2) is 11.5 Å². The Kier molecular flexibility index (Phi) is 3.91. The number of nitrogens with one attached hydrogen (secondary N) is 1. The first-order chi connectivity index (χ1) is 13.7. The molecule has 28 heavy (non-hydrogen) atoms. The van der Waals surface area contributed by atoms with Crippen molar-refractivity contribution < 1.29 is 23.5 Å². The van der Waals surface area contributed by atoms with Crippen molar-refractivity contribution in [3.63, 3.8) is 0 Å². The number of anilines is 1. The SMILES string of the molecule is O=C1C(Nc2ccc3c(c2)OCO3)=C(c2cccs2)C(=O)N1Cc1ccco1. The second-order valence-electron chi connectivity index (χ2n) is 6.20. The van der Waals surface area contributed by atoms with Gasteiger partial charge in [-0.25, -0.2) is 0 Å². The van der Waals surface area contributed by atoms with Crippen LogP contribution < -0.4 is 14.8 Å². The van der Waals surface area contributed by atoms with Gasteiger partial charge in [0.25, 0.3) is 11.8 Å². The van der Waals surface area contributed by atoms with Gasteiger partial charge in [-0.1, -0.05) is 6.07 Å². The van der Waals surface area contributed by atoms with Gasteiger partial charge in [-0.05, 0) is 35.7 Å². The molecule has 4 heterocycles. The van der Waals surface area contributed by atoms with Gasteiger partial charge in [0.1, 0.15) is 11.5 Å². The molecule has 0 aliphatic carbocycles. The number of carbonyl (C=O) groups excluding carboxylic acids is 2. The number of hydrogen-bond acceptors (Lipinski definition) is 7. The molecular formula is C20H14N2O5S. The molecule has 8 heteroatoms. The number of furan rings is 1. The lowest BCUT2D eigenvalue weighted by Crippen LogP contribution is -2.31. The predicted octanol–water partition coefficient (Wildman–Crippen LogP) is 3.46. The molecule has 0 unspecified atom stereocenters. The van der Waals surface area contributed by atoms with E-state index in [-0.39, 0.29) is 24.9 Å². The maximum Gasteiger partial charge on any atom is 0.278 e. The molecule has 1 aromatic carbocycles. The van der Waals surface area contributed by atoms with Crippen molar-refractivity contribution in [3.8, 4) is 11.5 Å². The van der Waals surface area contributed by atoms with E-state index in [9.17, 15) is 9.59 Å². The zero-order chi connectivity index (χ0) is 19.1. The average Bonchev–Trinajstić information content (AvgIpc) is 3.48. The number of carbonyl (C=O) groups is 2. The molecule has 2 aliphatic heterocycles. The monoisotopic (exact) mass is 394 g/mol. The number of thiophene rings is 1. The van der Waals surface area contributed by atoms with Crippen molar-refractivity contribution in [2.75, 3.05) is 12.1 Å². The fourth-order valence-corrected chi connectivity index (χ4v) is 3.93. The Morgan fingerprint density at radius 2 is 1.93 bits per heavy atom. The van der Waals surface area contributed by atoms with E-state index in [4.69, 9.17) is 13.9 Å². The normalized spacial score (nSPS) is 15.6. The summed E-state index contributed by atoms with van der Waals surface area (Å²) < 4.78 is 16.0. The molecule has 2 aromatic heterocycles. The topological polar surface area (TPSA) is 81.0 Å². The summed E-state index contributed by atoms with van der Waals surface area (Å²) in [6.45, 7) is 0.238. The molecule has 7 nitrogen and oxygen atoms in total. The highest BCUT2D eigenvalue weighted by molar-refractivity contribution is 7.11. The van der Waals surface area contributed by atoms with Crippen LogP contribution in [0.1, 0.15) is 10.6 Å². The van der Waals surface area contributed by atoms with Gasteiger partial charge in [0.05, 0.1) is 18.4 Å². The van der Waals surface area contributed by atoms with Crippen LogP contribution in [-0.2, 0) is 16.1 Å². The van der Waals surface area contributed by atoms with Gasteiger partial charge >= 0.3 is 0 Å². The van der Waals surface area contributed by atoms with E-state index in [0.717, 1.165) is 4.88 Å². The van der Waals surface area contributed by atoms with Gasteiger partial charge in [0.2, 0.25) is 6.79 Å². The second kappa shape index (κ2) is 6.58. The van der Waals surface area contributed by atoms with Crippen LogP contribution >= 0.6 is 11.3 Å². The highest BCUT2D eigenvalue weighted by atomic mass is 32.1. The third kappa shape index (κ3) is 2.74. The average molecular weight is 394 g/mol. The Morgan fingerprint density at radius 1 is 1.04 bits per heavy atom. The molecular weight excluding hydrogens is 380 g/mol. The van der Waals surface area contributed by atoms with Gasteiger partial charge in [-0.15, -0.1) is 11.3 Å². The fraction of sp³-hybridized carbons (Fsp3) is 0.100. The predicted molar refractivity (Wildman–Crippen MR) is 102 cm³/mol. The third-order valence-corrected chi connectivity index (χ3v) is 5.36. The summed E-state index contributed by atoms with van der Waals surface area (Å²) in [6.07, 6.45) is 1.51. The van der Waals surface area contributed by atoms with Crippen LogP contribution in [0.4, 0.5) is 5.69 Å². The van der Waals surface area contributed by atoms with Crippen LogP contribution in [0.25, 0.3) is 5.57 Å². The van der Waals surface area contributed by atoms with Gasteiger partial charge in [-0.3, -0.25) is 14.5 Å². The molecule has 0 atom stereocenters. The Balaban J connectivity index is 1.51. The van der Waals surface area contributed by atoms with E-state index in [1.807, 2.05) is 17.5 Å². The summed E-state index contributed by atoms with van der Waals surface area (Å²) in [5.74, 6) is 1.02. The summed E-state index contributed by atoms with van der Waals surface area (Å²) in [7, 11) is 0. The number of ether oxygens (including phenoxy) is 2. The number of rotatable bonds is 5. The van der Waals surface area contributed by atoms with Crippen LogP contribution in [0.5, 0.6) is 11.5 Å². The Morgan fingerprint density at radius 3 is 2.71 bits per heavy atom. The highest BCUT2D eigenvalue weighted by Gasteiger charge is 2.40. The minimum absolute atomic E-state index is 0.0753. The van der Waals surface area contributed by atoms with Gasteiger partial charge < -0.3 is 19.2 Å². The lowest BCUT2D eigenvalue weighted by molar-refractivity contribution is -0.137. The molecule has 0 radical (unpaired) electrons. The molecule has 2 aliphatic rings. The molecule has 0 saturated carbocycles. The maximum absolute atomic E-state index is 13.1. The lowest BCUT2D eigenvalue weighted by Gasteiger charge is -2.13. The van der Waals surface area contributed by atoms with Crippen molar-refractivity contribution in [1.82, 2.24) is 4.90 Å². The minimum Gasteiger partial charge on any atom is -0.467 e. The Labute approximate surface area is 163 Å². The highest BCUT2D eigenvalue weighted by Crippen LogP contribution is 2.37. The molecule has 140 valence electrons. The molecule has 1 N–H and O–H groups in total. The number of amides is 2. The minimum atomic E-state index is -0.400.